The number of aryl methyl sites for hydroxylation is 1. The monoisotopic (exact) mass is 498 g/mol. The van der Waals surface area contributed by atoms with Gasteiger partial charge in [-0.2, -0.15) is 0 Å². The van der Waals surface area contributed by atoms with Crippen LogP contribution in [-0.2, 0) is 10.0 Å². The third-order valence-electron chi connectivity index (χ3n) is 5.34. The summed E-state index contributed by atoms with van der Waals surface area (Å²) in [6, 6.07) is 18.2. The van der Waals surface area contributed by atoms with Gasteiger partial charge >= 0.3 is 0 Å². The van der Waals surface area contributed by atoms with Crippen LogP contribution in [0.4, 0.5) is 11.4 Å². The van der Waals surface area contributed by atoms with Gasteiger partial charge in [0.2, 0.25) is 0 Å². The summed E-state index contributed by atoms with van der Waals surface area (Å²) < 4.78 is 32.5. The molecule has 178 valence electrons. The van der Waals surface area contributed by atoms with Gasteiger partial charge in [0.05, 0.1) is 17.7 Å². The summed E-state index contributed by atoms with van der Waals surface area (Å²) in [5.41, 5.74) is 8.82. The highest BCUT2D eigenvalue weighted by atomic mass is 32.2. The number of hydrogen-bond donors (Lipinski definition) is 3. The molecular weight excluding hydrogens is 472 g/mol. The summed E-state index contributed by atoms with van der Waals surface area (Å²) in [6.45, 7) is 3.97. The lowest BCUT2D eigenvalue weighted by Crippen LogP contribution is -2.43. The van der Waals surface area contributed by atoms with Gasteiger partial charge in [0, 0.05) is 18.3 Å². The molecule has 3 aromatic rings. The number of hydrazine groups is 1. The van der Waals surface area contributed by atoms with E-state index in [-0.39, 0.29) is 15.6 Å². The number of carbonyl (C=O) groups excluding carboxylic acids is 1. The number of nitrogens with one attached hydrogen (secondary N) is 3. The van der Waals surface area contributed by atoms with E-state index >= 15 is 0 Å². The molecular formula is C24H26N4O4S2. The third-order valence-corrected chi connectivity index (χ3v) is 7.33. The zero-order valence-corrected chi connectivity index (χ0v) is 20.9. The van der Waals surface area contributed by atoms with E-state index in [0.717, 1.165) is 21.1 Å². The lowest BCUT2D eigenvalue weighted by molar-refractivity contribution is 0.0944. The van der Waals surface area contributed by atoms with E-state index in [1.165, 1.54) is 38.4 Å². The first kappa shape index (κ1) is 25.0. The van der Waals surface area contributed by atoms with Crippen LogP contribution in [0.2, 0.25) is 0 Å². The van der Waals surface area contributed by atoms with Crippen LogP contribution in [-0.4, -0.2) is 33.6 Å². The number of amides is 1. The molecule has 0 saturated heterocycles. The van der Waals surface area contributed by atoms with Crippen LogP contribution in [0.25, 0.3) is 0 Å². The van der Waals surface area contributed by atoms with Gasteiger partial charge in [-0.3, -0.25) is 20.0 Å². The summed E-state index contributed by atoms with van der Waals surface area (Å²) in [6.07, 6.45) is 0. The molecule has 10 heteroatoms. The first-order valence-electron chi connectivity index (χ1n) is 10.3. The second kappa shape index (κ2) is 10.5. The first-order valence-corrected chi connectivity index (χ1v) is 12.2. The summed E-state index contributed by atoms with van der Waals surface area (Å²) in [7, 11) is -0.938. The van der Waals surface area contributed by atoms with E-state index in [0.29, 0.717) is 11.4 Å². The topological polar surface area (TPSA) is 99.8 Å². The Bertz CT molecular complexity index is 1310. The van der Waals surface area contributed by atoms with Crippen LogP contribution in [0.3, 0.4) is 0 Å². The molecule has 0 aliphatic rings. The maximum Gasteiger partial charge on any atom is 0.269 e. The zero-order valence-electron chi connectivity index (χ0n) is 19.2. The molecule has 3 N–H and O–H groups in total. The van der Waals surface area contributed by atoms with Crippen LogP contribution < -0.4 is 25.2 Å². The number of hydrogen-bond acceptors (Lipinski definition) is 5. The predicted octanol–water partition coefficient (Wildman–Crippen LogP) is 3.77. The molecule has 34 heavy (non-hydrogen) atoms. The summed E-state index contributed by atoms with van der Waals surface area (Å²) in [5.74, 6) is -0.0340. The van der Waals surface area contributed by atoms with Crippen LogP contribution in [0.1, 0.15) is 21.5 Å². The second-order valence-corrected chi connectivity index (χ2v) is 9.83. The minimum absolute atomic E-state index is 0.0394. The van der Waals surface area contributed by atoms with Gasteiger partial charge in [-0.15, -0.1) is 0 Å². The Hall–Kier alpha value is -3.63. The number of carbonyl (C=O) groups is 1. The van der Waals surface area contributed by atoms with Crippen molar-refractivity contribution in [3.8, 4) is 5.75 Å². The molecule has 0 saturated carbocycles. The van der Waals surface area contributed by atoms with Gasteiger partial charge in [-0.25, -0.2) is 8.42 Å². The quantitative estimate of drug-likeness (QED) is 0.351. The number of sulfonamides is 1. The third kappa shape index (κ3) is 5.46. The fourth-order valence-corrected chi connectivity index (χ4v) is 4.55. The van der Waals surface area contributed by atoms with Crippen molar-refractivity contribution in [2.24, 2.45) is 0 Å². The normalized spacial score (nSPS) is 10.8. The lowest BCUT2D eigenvalue weighted by Gasteiger charge is -2.21. The molecule has 0 aromatic heterocycles. The Balaban J connectivity index is 1.66. The maximum absolute atomic E-state index is 13.1. The fraction of sp³-hybridized carbons (Fsp3) is 0.167. The molecule has 0 heterocycles. The summed E-state index contributed by atoms with van der Waals surface area (Å²) in [4.78, 5) is 12.5. The fourth-order valence-electron chi connectivity index (χ4n) is 3.18. The first-order chi connectivity index (χ1) is 16.1. The van der Waals surface area contributed by atoms with Crippen LogP contribution in [0.5, 0.6) is 5.75 Å². The minimum atomic E-state index is -3.86. The molecule has 0 aliphatic carbocycles. The number of methoxy groups -OCH3 is 1. The van der Waals surface area contributed by atoms with Gasteiger partial charge in [0.1, 0.15) is 5.75 Å². The van der Waals surface area contributed by atoms with E-state index in [1.807, 2.05) is 32.0 Å². The largest absolute Gasteiger partial charge is 0.495 e. The van der Waals surface area contributed by atoms with Crippen molar-refractivity contribution in [3.05, 3.63) is 83.4 Å². The number of nitrogens with zero attached hydrogens (tertiary/aromatic N) is 1. The van der Waals surface area contributed by atoms with Gasteiger partial charge in [0.25, 0.3) is 15.9 Å². The Kier molecular flexibility index (Phi) is 7.75. The molecule has 3 rings (SSSR count). The second-order valence-electron chi connectivity index (χ2n) is 7.45. The van der Waals surface area contributed by atoms with Crippen molar-refractivity contribution in [1.82, 2.24) is 10.9 Å². The smallest absolute Gasteiger partial charge is 0.269 e. The molecule has 0 atom stereocenters. The zero-order chi connectivity index (χ0) is 24.9. The average molecular weight is 499 g/mol. The van der Waals surface area contributed by atoms with Crippen molar-refractivity contribution in [2.75, 3.05) is 23.8 Å². The number of thiocarbonyl (C=S) groups is 1. The van der Waals surface area contributed by atoms with Crippen molar-refractivity contribution >= 4 is 44.6 Å². The Morgan fingerprint density at radius 1 is 0.941 bits per heavy atom. The lowest BCUT2D eigenvalue weighted by atomic mass is 10.1. The van der Waals surface area contributed by atoms with Gasteiger partial charge < -0.3 is 10.1 Å². The molecule has 1 amide bonds. The van der Waals surface area contributed by atoms with Gasteiger partial charge in [0.15, 0.2) is 5.11 Å². The number of benzene rings is 3. The molecule has 0 spiro atoms. The molecule has 0 radical (unpaired) electrons. The molecule has 0 aliphatic heterocycles. The van der Waals surface area contributed by atoms with Crippen LogP contribution in [0, 0.1) is 13.8 Å². The Morgan fingerprint density at radius 3 is 2.29 bits per heavy atom. The maximum atomic E-state index is 13.1. The average Bonchev–Trinajstić information content (AvgIpc) is 2.84. The van der Waals surface area contributed by atoms with Gasteiger partial charge in [-0.05, 0) is 79.7 Å². The number of anilines is 2. The van der Waals surface area contributed by atoms with Crippen molar-refractivity contribution in [1.29, 1.82) is 0 Å². The predicted molar refractivity (Wildman–Crippen MR) is 138 cm³/mol. The highest BCUT2D eigenvalue weighted by Gasteiger charge is 2.24. The van der Waals surface area contributed by atoms with Crippen molar-refractivity contribution in [3.63, 3.8) is 0 Å². The van der Waals surface area contributed by atoms with Crippen molar-refractivity contribution in [2.45, 2.75) is 18.7 Å². The van der Waals surface area contributed by atoms with Crippen molar-refractivity contribution < 1.29 is 17.9 Å². The number of rotatable bonds is 6. The highest BCUT2D eigenvalue weighted by Crippen LogP contribution is 2.30. The standard InChI is InChI=1S/C24H26N4O4S2/c1-16-8-7-9-20(17(16)2)25-24(33)27-26-23(29)18-12-14-19(15-13-18)34(30,31)28(3)21-10-5-6-11-22(21)32-4/h5-15H,1-4H3,(H,26,29)(H2,25,27,33). The Morgan fingerprint density at radius 2 is 1.62 bits per heavy atom. The molecule has 3 aromatic carbocycles. The van der Waals surface area contributed by atoms with Gasteiger partial charge in [-0.1, -0.05) is 24.3 Å². The Labute approximate surface area is 205 Å². The van der Waals surface area contributed by atoms with E-state index < -0.39 is 15.9 Å². The summed E-state index contributed by atoms with van der Waals surface area (Å²) in [5, 5.41) is 3.26. The van der Waals surface area contributed by atoms with Crippen LogP contribution in [0.15, 0.2) is 71.6 Å². The molecule has 0 fully saturated rings. The minimum Gasteiger partial charge on any atom is -0.495 e. The van der Waals surface area contributed by atoms with E-state index in [9.17, 15) is 13.2 Å². The van der Waals surface area contributed by atoms with E-state index in [4.69, 9.17) is 17.0 Å². The SMILES string of the molecule is COc1ccccc1N(C)S(=O)(=O)c1ccc(C(=O)NNC(=S)Nc2cccc(C)c2C)cc1. The number of ether oxygens (including phenoxy) is 1. The summed E-state index contributed by atoms with van der Waals surface area (Å²) >= 11 is 5.24. The molecule has 0 bridgehead atoms. The van der Waals surface area contributed by atoms with E-state index in [2.05, 4.69) is 16.2 Å². The number of para-hydroxylation sites is 2. The molecule has 0 unspecified atom stereocenters. The molecule has 8 nitrogen and oxygen atoms in total. The van der Waals surface area contributed by atoms with E-state index in [1.54, 1.807) is 24.3 Å². The van der Waals surface area contributed by atoms with Crippen LogP contribution >= 0.6 is 12.2 Å². The highest BCUT2D eigenvalue weighted by molar-refractivity contribution is 7.92.